The Hall–Kier alpha value is -3.50. The van der Waals surface area contributed by atoms with E-state index in [9.17, 15) is 19.8 Å². The molecule has 2 aromatic rings. The van der Waals surface area contributed by atoms with Gasteiger partial charge >= 0.3 is 0 Å². The van der Waals surface area contributed by atoms with Crippen LogP contribution in [0, 0.1) is 0 Å². The predicted octanol–water partition coefficient (Wildman–Crippen LogP) is -1.20. The molecule has 0 bridgehead atoms. The highest BCUT2D eigenvalue weighted by Crippen LogP contribution is 1.96. The molecule has 2 atom stereocenters. The maximum atomic E-state index is 11.7. The van der Waals surface area contributed by atoms with Crippen LogP contribution in [0.2, 0.25) is 0 Å². The minimum absolute atomic E-state index is 0.665. The quantitative estimate of drug-likeness (QED) is 0.361. The van der Waals surface area contributed by atoms with Crippen LogP contribution in [0.3, 0.4) is 0 Å². The summed E-state index contributed by atoms with van der Waals surface area (Å²) in [6, 6.07) is 6.59. The molecule has 10 nitrogen and oxygen atoms in total. The van der Waals surface area contributed by atoms with Gasteiger partial charge in [-0.2, -0.15) is 10.2 Å². The molecule has 4 N–H and O–H groups in total. The Kier molecular flexibility index (Phi) is 7.04. The summed E-state index contributed by atoms with van der Waals surface area (Å²) < 4.78 is 0. The molecule has 0 saturated heterocycles. The number of nitrogens with one attached hydrogen (secondary N) is 2. The molecule has 26 heavy (non-hydrogen) atoms. The van der Waals surface area contributed by atoms with Crippen molar-refractivity contribution in [3.63, 3.8) is 0 Å². The molecule has 0 aliphatic carbocycles. The summed E-state index contributed by atoms with van der Waals surface area (Å²) in [5, 5.41) is 26.6. The van der Waals surface area contributed by atoms with Crippen LogP contribution in [-0.4, -0.2) is 56.6 Å². The van der Waals surface area contributed by atoms with Crippen LogP contribution in [0.5, 0.6) is 0 Å². The van der Waals surface area contributed by atoms with Crippen LogP contribution < -0.4 is 10.9 Å². The lowest BCUT2D eigenvalue weighted by Gasteiger charge is -2.14. The molecule has 0 aromatic carbocycles. The van der Waals surface area contributed by atoms with Gasteiger partial charge in [-0.25, -0.2) is 10.9 Å². The first kappa shape index (κ1) is 18.8. The third-order valence-electron chi connectivity index (χ3n) is 3.03. The monoisotopic (exact) mass is 356 g/mol. The van der Waals surface area contributed by atoms with Crippen LogP contribution >= 0.6 is 0 Å². The van der Waals surface area contributed by atoms with Crippen molar-refractivity contribution in [3.8, 4) is 0 Å². The lowest BCUT2D eigenvalue weighted by atomic mass is 10.2. The number of rotatable bonds is 7. The van der Waals surface area contributed by atoms with Crippen LogP contribution in [0.15, 0.2) is 59.3 Å². The van der Waals surface area contributed by atoms with Gasteiger partial charge in [0.05, 0.1) is 12.4 Å². The van der Waals surface area contributed by atoms with Gasteiger partial charge in [-0.05, 0) is 35.4 Å². The lowest BCUT2D eigenvalue weighted by molar-refractivity contribution is -0.146. The van der Waals surface area contributed by atoms with Gasteiger partial charge in [-0.1, -0.05) is 0 Å². The molecule has 2 amide bonds. The van der Waals surface area contributed by atoms with Gasteiger partial charge in [0.1, 0.15) is 0 Å². The standard InChI is InChI=1S/C16H16N6O4/c23-13(15(25)21-19-9-11-1-5-17-6-2-11)14(24)16(26)22-20-10-12-3-7-18-8-4-12/h1-10,13-14,23-24H,(H,21,25)(H,22,26). The minimum Gasteiger partial charge on any atom is -0.380 e. The number of aliphatic hydroxyl groups is 2. The Labute approximate surface area is 148 Å². The summed E-state index contributed by atoms with van der Waals surface area (Å²) in [5.41, 5.74) is 5.38. The van der Waals surface area contributed by atoms with E-state index in [2.05, 4.69) is 20.2 Å². The van der Waals surface area contributed by atoms with Gasteiger partial charge in [0.25, 0.3) is 11.8 Å². The van der Waals surface area contributed by atoms with Gasteiger partial charge < -0.3 is 10.2 Å². The first-order chi connectivity index (χ1) is 12.6. The van der Waals surface area contributed by atoms with Gasteiger partial charge in [0.2, 0.25) is 0 Å². The molecule has 0 fully saturated rings. The lowest BCUT2D eigenvalue weighted by Crippen LogP contribution is -2.47. The second-order valence-corrected chi connectivity index (χ2v) is 4.92. The van der Waals surface area contributed by atoms with Gasteiger partial charge in [-0.15, -0.1) is 0 Å². The van der Waals surface area contributed by atoms with Crippen molar-refractivity contribution in [1.29, 1.82) is 0 Å². The average Bonchev–Trinajstić information content (AvgIpc) is 2.68. The van der Waals surface area contributed by atoms with Crippen LogP contribution in [0.25, 0.3) is 0 Å². The van der Waals surface area contributed by atoms with E-state index in [0.717, 1.165) is 0 Å². The van der Waals surface area contributed by atoms with Crippen LogP contribution in [0.1, 0.15) is 11.1 Å². The van der Waals surface area contributed by atoms with E-state index in [1.807, 2.05) is 10.9 Å². The fourth-order valence-corrected chi connectivity index (χ4v) is 1.66. The molecule has 0 aliphatic rings. The SMILES string of the molecule is O=C(NN=Cc1ccncc1)C(O)C(O)C(=O)NN=Cc1ccncc1. The third kappa shape index (κ3) is 5.85. The summed E-state index contributed by atoms with van der Waals surface area (Å²) >= 11 is 0. The molecule has 134 valence electrons. The number of amides is 2. The van der Waals surface area contributed by atoms with Crippen molar-refractivity contribution < 1.29 is 19.8 Å². The first-order valence-corrected chi connectivity index (χ1v) is 7.40. The normalized spacial score (nSPS) is 13.5. The molecule has 2 unspecified atom stereocenters. The summed E-state index contributed by atoms with van der Waals surface area (Å²) in [5.74, 6) is -2.09. The zero-order valence-electron chi connectivity index (χ0n) is 13.4. The van der Waals surface area contributed by atoms with Crippen molar-refractivity contribution in [2.24, 2.45) is 10.2 Å². The summed E-state index contributed by atoms with van der Waals surface area (Å²) in [6.07, 6.45) is 4.77. The number of hydrogen-bond acceptors (Lipinski definition) is 8. The summed E-state index contributed by atoms with van der Waals surface area (Å²) in [6.45, 7) is 0. The maximum absolute atomic E-state index is 11.7. The number of nitrogens with zero attached hydrogens (tertiary/aromatic N) is 4. The zero-order chi connectivity index (χ0) is 18.8. The Bertz CT molecular complexity index is 714. The molecular weight excluding hydrogens is 340 g/mol. The Morgan fingerprint density at radius 1 is 0.808 bits per heavy atom. The van der Waals surface area contributed by atoms with Crippen LogP contribution in [-0.2, 0) is 9.59 Å². The number of aliphatic hydroxyl groups excluding tert-OH is 2. The molecule has 2 rings (SSSR count). The van der Waals surface area contributed by atoms with E-state index < -0.39 is 24.0 Å². The average molecular weight is 356 g/mol. The second-order valence-electron chi connectivity index (χ2n) is 4.92. The van der Waals surface area contributed by atoms with E-state index in [1.165, 1.54) is 12.4 Å². The predicted molar refractivity (Wildman–Crippen MR) is 92.0 cm³/mol. The van der Waals surface area contributed by atoms with E-state index in [4.69, 9.17) is 0 Å². The fourth-order valence-electron chi connectivity index (χ4n) is 1.66. The molecule has 2 aromatic heterocycles. The second kappa shape index (κ2) is 9.71. The number of aromatic nitrogens is 2. The highest BCUT2D eigenvalue weighted by molar-refractivity contribution is 5.91. The highest BCUT2D eigenvalue weighted by Gasteiger charge is 2.30. The Morgan fingerprint density at radius 3 is 1.50 bits per heavy atom. The molecular formula is C16H16N6O4. The Balaban J connectivity index is 1.82. The van der Waals surface area contributed by atoms with Crippen LogP contribution in [0.4, 0.5) is 0 Å². The van der Waals surface area contributed by atoms with Crippen molar-refractivity contribution in [2.75, 3.05) is 0 Å². The minimum atomic E-state index is -2.01. The van der Waals surface area contributed by atoms with Gasteiger partial charge in [0, 0.05) is 24.8 Å². The number of pyridine rings is 2. The van der Waals surface area contributed by atoms with Gasteiger partial charge in [-0.3, -0.25) is 19.6 Å². The smallest absolute Gasteiger partial charge is 0.272 e. The van der Waals surface area contributed by atoms with Gasteiger partial charge in [0.15, 0.2) is 12.2 Å². The fraction of sp³-hybridized carbons (Fsp3) is 0.125. The number of carbonyl (C=O) groups excluding carboxylic acids is 2. The number of carbonyl (C=O) groups is 2. The van der Waals surface area contributed by atoms with E-state index >= 15 is 0 Å². The third-order valence-corrected chi connectivity index (χ3v) is 3.03. The van der Waals surface area contributed by atoms with Crippen molar-refractivity contribution in [2.45, 2.75) is 12.2 Å². The van der Waals surface area contributed by atoms with E-state index in [1.54, 1.807) is 49.1 Å². The zero-order valence-corrected chi connectivity index (χ0v) is 13.4. The van der Waals surface area contributed by atoms with Crippen molar-refractivity contribution in [3.05, 3.63) is 60.2 Å². The molecule has 10 heteroatoms. The molecule has 0 radical (unpaired) electrons. The molecule has 0 saturated carbocycles. The highest BCUT2D eigenvalue weighted by atomic mass is 16.3. The maximum Gasteiger partial charge on any atom is 0.272 e. The molecule has 2 heterocycles. The number of hydrogen-bond donors (Lipinski definition) is 4. The summed E-state index contributed by atoms with van der Waals surface area (Å²) in [4.78, 5) is 31.0. The largest absolute Gasteiger partial charge is 0.380 e. The number of hydrazone groups is 2. The van der Waals surface area contributed by atoms with Crippen molar-refractivity contribution >= 4 is 24.2 Å². The van der Waals surface area contributed by atoms with E-state index in [0.29, 0.717) is 11.1 Å². The molecule has 0 spiro atoms. The Morgan fingerprint density at radius 2 is 1.15 bits per heavy atom. The molecule has 0 aliphatic heterocycles. The first-order valence-electron chi connectivity index (χ1n) is 7.40. The topological polar surface area (TPSA) is 149 Å². The van der Waals surface area contributed by atoms with Crippen molar-refractivity contribution in [1.82, 2.24) is 20.8 Å². The van der Waals surface area contributed by atoms with E-state index in [-0.39, 0.29) is 0 Å². The summed E-state index contributed by atoms with van der Waals surface area (Å²) in [7, 11) is 0.